The minimum atomic E-state index is -0.673. The van der Waals surface area contributed by atoms with Crippen molar-refractivity contribution in [1.29, 1.82) is 0 Å². The second-order valence-corrected chi connectivity index (χ2v) is 11.7. The fourth-order valence-corrected chi connectivity index (χ4v) is 5.72. The maximum absolute atomic E-state index is 12.9. The number of amides is 1. The van der Waals surface area contributed by atoms with Crippen LogP contribution in [-0.4, -0.2) is 43.3 Å². The first-order chi connectivity index (χ1) is 18.1. The van der Waals surface area contributed by atoms with Gasteiger partial charge in [0.15, 0.2) is 5.78 Å². The maximum atomic E-state index is 12.9. The van der Waals surface area contributed by atoms with Crippen LogP contribution in [-0.2, 0) is 14.0 Å². The zero-order chi connectivity index (χ0) is 27.1. The average Bonchev–Trinajstić information content (AvgIpc) is 3.53. The van der Waals surface area contributed by atoms with Gasteiger partial charge in [0, 0.05) is 12.5 Å². The molecule has 1 aliphatic carbocycles. The van der Waals surface area contributed by atoms with Gasteiger partial charge in [-0.2, -0.15) is 0 Å². The van der Waals surface area contributed by atoms with Gasteiger partial charge in [-0.3, -0.25) is 4.79 Å². The van der Waals surface area contributed by atoms with Gasteiger partial charge in [-0.15, -0.1) is 11.3 Å². The molecule has 1 aliphatic heterocycles. The highest BCUT2D eigenvalue weighted by atomic mass is 32.1. The summed E-state index contributed by atoms with van der Waals surface area (Å²) in [5.41, 5.74) is 5.08. The van der Waals surface area contributed by atoms with E-state index in [1.54, 1.807) is 6.92 Å². The Morgan fingerprint density at radius 1 is 0.974 bits per heavy atom. The maximum Gasteiger partial charge on any atom is 0.492 e. The van der Waals surface area contributed by atoms with E-state index in [0.717, 1.165) is 16.7 Å². The van der Waals surface area contributed by atoms with Crippen LogP contribution in [0.2, 0.25) is 0 Å². The third-order valence-electron chi connectivity index (χ3n) is 7.69. The minimum Gasteiger partial charge on any atom is -0.449 e. The molecule has 2 aliphatic rings. The molecule has 0 saturated carbocycles. The summed E-state index contributed by atoms with van der Waals surface area (Å²) < 4.78 is 18.2. The van der Waals surface area contributed by atoms with Gasteiger partial charge in [0.1, 0.15) is 6.61 Å². The van der Waals surface area contributed by atoms with Crippen molar-refractivity contribution in [3.8, 4) is 11.1 Å². The van der Waals surface area contributed by atoms with Gasteiger partial charge in [0.25, 0.3) is 0 Å². The zero-order valence-corrected chi connectivity index (χ0v) is 23.2. The molecule has 0 spiro atoms. The summed E-state index contributed by atoms with van der Waals surface area (Å²) in [6.07, 6.45) is 1.35. The molecule has 1 fully saturated rings. The predicted octanol–water partition coefficient (Wildman–Crippen LogP) is 6.50. The summed E-state index contributed by atoms with van der Waals surface area (Å²) in [4.78, 5) is 25.7. The highest BCUT2D eigenvalue weighted by Gasteiger charge is 2.52. The van der Waals surface area contributed by atoms with Crippen LogP contribution >= 0.6 is 11.3 Å². The molecule has 196 valence electrons. The Hall–Kier alpha value is -3.20. The molecule has 1 N–H and O–H groups in total. The first-order valence-electron chi connectivity index (χ1n) is 12.8. The van der Waals surface area contributed by atoms with E-state index >= 15 is 0 Å². The molecule has 2 aromatic carbocycles. The van der Waals surface area contributed by atoms with E-state index in [1.807, 2.05) is 69.5 Å². The quantitative estimate of drug-likeness (QED) is 0.279. The van der Waals surface area contributed by atoms with Crippen LogP contribution < -0.4 is 5.32 Å². The highest BCUT2D eigenvalue weighted by Crippen LogP contribution is 2.44. The SMILES string of the molecule is CC(=O)c1sccc1C=C(CNC(=O)OCC1c2ccccc2-c2ccccc21)B1OC(C)(C)C(C)(C)O1. The fourth-order valence-electron chi connectivity index (χ4n) is 4.94. The zero-order valence-electron chi connectivity index (χ0n) is 22.4. The van der Waals surface area contributed by atoms with Crippen molar-refractivity contribution in [1.82, 2.24) is 5.32 Å². The molecule has 1 saturated heterocycles. The summed E-state index contributed by atoms with van der Waals surface area (Å²) >= 11 is 1.39. The number of fused-ring (bicyclic) bond motifs is 3. The lowest BCUT2D eigenvalue weighted by atomic mass is 9.77. The van der Waals surface area contributed by atoms with Crippen LogP contribution in [0.5, 0.6) is 0 Å². The Labute approximate surface area is 228 Å². The third kappa shape index (κ3) is 4.96. The summed E-state index contributed by atoms with van der Waals surface area (Å²) in [7, 11) is -0.673. The van der Waals surface area contributed by atoms with Crippen molar-refractivity contribution < 1.29 is 23.6 Å². The van der Waals surface area contributed by atoms with Crippen molar-refractivity contribution in [2.45, 2.75) is 51.7 Å². The molecule has 1 amide bonds. The first kappa shape index (κ1) is 26.4. The van der Waals surface area contributed by atoms with E-state index in [0.29, 0.717) is 10.3 Å². The van der Waals surface area contributed by atoms with Gasteiger partial charge in [-0.25, -0.2) is 4.79 Å². The van der Waals surface area contributed by atoms with Gasteiger partial charge in [0.2, 0.25) is 0 Å². The van der Waals surface area contributed by atoms with Crippen LogP contribution in [0.15, 0.2) is 65.4 Å². The van der Waals surface area contributed by atoms with Crippen LogP contribution in [0.25, 0.3) is 17.2 Å². The Balaban J connectivity index is 1.31. The lowest BCUT2D eigenvalue weighted by Gasteiger charge is -2.32. The van der Waals surface area contributed by atoms with E-state index in [4.69, 9.17) is 14.0 Å². The van der Waals surface area contributed by atoms with E-state index in [-0.39, 0.29) is 24.9 Å². The van der Waals surface area contributed by atoms with Crippen LogP contribution in [0.4, 0.5) is 4.79 Å². The van der Waals surface area contributed by atoms with Crippen molar-refractivity contribution in [2.24, 2.45) is 0 Å². The number of ether oxygens (including phenoxy) is 1. The molecule has 0 unspecified atom stereocenters. The van der Waals surface area contributed by atoms with Crippen molar-refractivity contribution in [3.05, 3.63) is 87.0 Å². The van der Waals surface area contributed by atoms with Crippen molar-refractivity contribution >= 4 is 36.4 Å². The number of Topliss-reactive ketones (excluding diaryl/α,β-unsaturated/α-hetero) is 1. The molecule has 5 rings (SSSR count). The Morgan fingerprint density at radius 3 is 2.13 bits per heavy atom. The minimum absolute atomic E-state index is 0.0102. The van der Waals surface area contributed by atoms with Crippen molar-refractivity contribution in [2.75, 3.05) is 13.2 Å². The number of nitrogens with one attached hydrogen (secondary N) is 1. The second-order valence-electron chi connectivity index (χ2n) is 10.7. The van der Waals surface area contributed by atoms with E-state index in [9.17, 15) is 9.59 Å². The number of rotatable bonds is 7. The number of carbonyl (C=O) groups excluding carboxylic acids is 2. The monoisotopic (exact) mass is 529 g/mol. The average molecular weight is 529 g/mol. The molecule has 8 heteroatoms. The molecule has 38 heavy (non-hydrogen) atoms. The third-order valence-corrected chi connectivity index (χ3v) is 8.72. The highest BCUT2D eigenvalue weighted by molar-refractivity contribution is 7.12. The van der Waals surface area contributed by atoms with Gasteiger partial charge in [-0.05, 0) is 79.4 Å². The van der Waals surface area contributed by atoms with E-state index in [2.05, 4.69) is 29.6 Å². The summed E-state index contributed by atoms with van der Waals surface area (Å²) in [6, 6.07) is 18.4. The summed E-state index contributed by atoms with van der Waals surface area (Å²) in [6.45, 7) is 9.86. The normalized spacial score (nSPS) is 17.7. The predicted molar refractivity (Wildman–Crippen MR) is 151 cm³/mol. The Morgan fingerprint density at radius 2 is 1.55 bits per heavy atom. The summed E-state index contributed by atoms with van der Waals surface area (Å²) in [5, 5.41) is 4.75. The molecule has 1 aromatic heterocycles. The fraction of sp³-hybridized carbons (Fsp3) is 0.333. The van der Waals surface area contributed by atoms with Crippen LogP contribution in [0.3, 0.4) is 0 Å². The lowest BCUT2D eigenvalue weighted by molar-refractivity contribution is 0.00578. The molecule has 3 aromatic rings. The van der Waals surface area contributed by atoms with Crippen LogP contribution in [0.1, 0.15) is 66.9 Å². The van der Waals surface area contributed by atoms with E-state index in [1.165, 1.54) is 22.5 Å². The number of carbonyl (C=O) groups is 2. The Bertz CT molecular complexity index is 1350. The molecule has 0 bridgehead atoms. The number of hydrogen-bond acceptors (Lipinski definition) is 6. The molecule has 6 nitrogen and oxygen atoms in total. The number of thiophene rings is 1. The standard InChI is InChI=1S/C30H32BNO5S/c1-19(33)27-20(14-15-38-27)16-21(31-36-29(2,3)30(4,5)37-31)17-32-28(34)35-18-26-24-12-8-6-10-22(24)23-11-7-9-13-25(23)26/h6-16,26H,17-18H2,1-5H3,(H,32,34). The smallest absolute Gasteiger partial charge is 0.449 e. The Kier molecular flexibility index (Phi) is 7.07. The molecule has 2 heterocycles. The first-order valence-corrected chi connectivity index (χ1v) is 13.7. The van der Waals surface area contributed by atoms with Gasteiger partial charge < -0.3 is 19.4 Å². The molecular weight excluding hydrogens is 497 g/mol. The number of benzene rings is 2. The number of hydrogen-bond donors (Lipinski definition) is 1. The second kappa shape index (κ2) is 10.2. The topological polar surface area (TPSA) is 73.9 Å². The lowest BCUT2D eigenvalue weighted by Crippen LogP contribution is -2.41. The molecule has 0 atom stereocenters. The van der Waals surface area contributed by atoms with Gasteiger partial charge in [0.05, 0.1) is 16.1 Å². The van der Waals surface area contributed by atoms with Crippen molar-refractivity contribution in [3.63, 3.8) is 0 Å². The number of ketones is 1. The van der Waals surface area contributed by atoms with Gasteiger partial charge in [-0.1, -0.05) is 54.6 Å². The van der Waals surface area contributed by atoms with Crippen LogP contribution in [0, 0.1) is 0 Å². The molecular formula is C30H32BNO5S. The van der Waals surface area contributed by atoms with E-state index < -0.39 is 24.4 Å². The molecule has 0 radical (unpaired) electrons. The summed E-state index contributed by atoms with van der Waals surface area (Å²) in [5.74, 6) is -0.0285. The van der Waals surface area contributed by atoms with Gasteiger partial charge >= 0.3 is 13.2 Å². The number of alkyl carbamates (subject to hydrolysis) is 1. The largest absolute Gasteiger partial charge is 0.492 e.